The molecular formula is C15H15ClN4O. The molecule has 2 heterocycles. The van der Waals surface area contributed by atoms with Gasteiger partial charge in [0.25, 0.3) is 5.91 Å². The summed E-state index contributed by atoms with van der Waals surface area (Å²) in [5.74, 6) is 1.46. The summed E-state index contributed by atoms with van der Waals surface area (Å²) in [5.41, 5.74) is 0.788. The van der Waals surface area contributed by atoms with E-state index in [4.69, 9.17) is 11.6 Å². The van der Waals surface area contributed by atoms with Gasteiger partial charge in [-0.1, -0.05) is 23.7 Å². The summed E-state index contributed by atoms with van der Waals surface area (Å²) in [7, 11) is 0. The fourth-order valence-electron chi connectivity index (χ4n) is 2.48. The van der Waals surface area contributed by atoms with Crippen molar-refractivity contribution < 1.29 is 4.79 Å². The number of hydrogen-bond acceptors (Lipinski definition) is 3. The molecule has 1 saturated carbocycles. The summed E-state index contributed by atoms with van der Waals surface area (Å²) in [6, 6.07) is 7.52. The molecule has 4 rings (SSSR count). The van der Waals surface area contributed by atoms with Crippen molar-refractivity contribution in [1.82, 2.24) is 19.7 Å². The van der Waals surface area contributed by atoms with Gasteiger partial charge in [0.05, 0.1) is 10.7 Å². The van der Waals surface area contributed by atoms with Crippen LogP contribution in [0.25, 0.3) is 5.69 Å². The predicted octanol–water partition coefficient (Wildman–Crippen LogP) is 2.64. The van der Waals surface area contributed by atoms with Gasteiger partial charge >= 0.3 is 0 Å². The Bertz CT molecular complexity index is 703. The van der Waals surface area contributed by atoms with E-state index in [0.717, 1.165) is 43.9 Å². The number of likely N-dealkylation sites (tertiary alicyclic amines) is 1. The number of rotatable bonds is 3. The van der Waals surface area contributed by atoms with E-state index in [1.165, 1.54) is 0 Å². The van der Waals surface area contributed by atoms with Crippen LogP contribution >= 0.6 is 11.6 Å². The molecule has 21 heavy (non-hydrogen) atoms. The zero-order chi connectivity index (χ0) is 14.4. The summed E-state index contributed by atoms with van der Waals surface area (Å²) in [6.07, 6.45) is 3.26. The van der Waals surface area contributed by atoms with Gasteiger partial charge in [0, 0.05) is 19.0 Å². The highest BCUT2D eigenvalue weighted by atomic mass is 35.5. The van der Waals surface area contributed by atoms with Gasteiger partial charge in [-0.2, -0.15) is 0 Å². The molecule has 1 aliphatic carbocycles. The average molecular weight is 303 g/mol. The number of nitrogens with zero attached hydrogens (tertiary/aromatic N) is 4. The maximum atomic E-state index is 12.3. The second kappa shape index (κ2) is 4.84. The molecule has 1 aromatic heterocycles. The second-order valence-electron chi connectivity index (χ2n) is 5.58. The number of carbonyl (C=O) groups excluding carboxylic acids is 1. The van der Waals surface area contributed by atoms with E-state index in [0.29, 0.717) is 10.9 Å². The summed E-state index contributed by atoms with van der Waals surface area (Å²) in [4.78, 5) is 18.6. The molecule has 1 aromatic carbocycles. The number of aromatic nitrogens is 3. The van der Waals surface area contributed by atoms with Gasteiger partial charge in [-0.25, -0.2) is 9.67 Å². The minimum Gasteiger partial charge on any atom is -0.336 e. The topological polar surface area (TPSA) is 51.0 Å². The quantitative estimate of drug-likeness (QED) is 0.876. The summed E-state index contributed by atoms with van der Waals surface area (Å²) in [6.45, 7) is 1.61. The molecule has 1 aliphatic heterocycles. The van der Waals surface area contributed by atoms with E-state index >= 15 is 0 Å². The lowest BCUT2D eigenvalue weighted by atomic mass is 10.2. The molecule has 0 radical (unpaired) electrons. The lowest BCUT2D eigenvalue weighted by Crippen LogP contribution is -2.42. The van der Waals surface area contributed by atoms with Gasteiger partial charge < -0.3 is 4.90 Å². The Kier molecular flexibility index (Phi) is 2.96. The largest absolute Gasteiger partial charge is 0.336 e. The monoisotopic (exact) mass is 302 g/mol. The second-order valence-corrected chi connectivity index (χ2v) is 5.98. The molecule has 0 unspecified atom stereocenters. The first kappa shape index (κ1) is 12.8. The van der Waals surface area contributed by atoms with Crippen LogP contribution in [0, 0.1) is 0 Å². The van der Waals surface area contributed by atoms with Crippen LogP contribution in [0.5, 0.6) is 0 Å². The summed E-state index contributed by atoms with van der Waals surface area (Å²) < 4.78 is 1.74. The maximum absolute atomic E-state index is 12.3. The van der Waals surface area contributed by atoms with Crippen molar-refractivity contribution >= 4 is 17.5 Å². The Morgan fingerprint density at radius 1 is 1.24 bits per heavy atom. The molecule has 2 aliphatic rings. The normalized spacial score (nSPS) is 17.7. The Labute approximate surface area is 127 Å². The highest BCUT2D eigenvalue weighted by Crippen LogP contribution is 2.40. The number of carbonyl (C=O) groups is 1. The van der Waals surface area contributed by atoms with E-state index < -0.39 is 0 Å². The molecule has 0 N–H and O–H groups in total. The van der Waals surface area contributed by atoms with E-state index in [1.54, 1.807) is 9.58 Å². The van der Waals surface area contributed by atoms with Crippen LogP contribution in [0.2, 0.25) is 5.02 Å². The number of benzene rings is 1. The molecule has 0 bridgehead atoms. The first-order chi connectivity index (χ1) is 10.2. The van der Waals surface area contributed by atoms with Crippen molar-refractivity contribution in [3.63, 3.8) is 0 Å². The number of amides is 1. The fourth-order valence-corrected chi connectivity index (χ4v) is 2.70. The molecule has 108 valence electrons. The predicted molar refractivity (Wildman–Crippen MR) is 78.9 cm³/mol. The van der Waals surface area contributed by atoms with Crippen molar-refractivity contribution in [3.05, 3.63) is 40.9 Å². The molecule has 6 heteroatoms. The maximum Gasteiger partial charge on any atom is 0.293 e. The van der Waals surface area contributed by atoms with E-state index in [2.05, 4.69) is 10.1 Å². The first-order valence-electron chi connectivity index (χ1n) is 7.25. The van der Waals surface area contributed by atoms with Crippen molar-refractivity contribution in [2.75, 3.05) is 13.1 Å². The van der Waals surface area contributed by atoms with Gasteiger partial charge in [-0.15, -0.1) is 5.10 Å². The summed E-state index contributed by atoms with van der Waals surface area (Å²) >= 11 is 6.26. The van der Waals surface area contributed by atoms with Crippen LogP contribution in [0.15, 0.2) is 24.3 Å². The molecule has 0 spiro atoms. The molecular weight excluding hydrogens is 288 g/mol. The lowest BCUT2D eigenvalue weighted by molar-refractivity contribution is 0.0639. The van der Waals surface area contributed by atoms with E-state index in [-0.39, 0.29) is 11.7 Å². The van der Waals surface area contributed by atoms with Gasteiger partial charge in [-0.3, -0.25) is 4.79 Å². The first-order valence-corrected chi connectivity index (χ1v) is 7.63. The molecule has 5 nitrogen and oxygen atoms in total. The van der Waals surface area contributed by atoms with Crippen LogP contribution in [-0.2, 0) is 0 Å². The van der Waals surface area contributed by atoms with Crippen molar-refractivity contribution in [2.45, 2.75) is 25.2 Å². The Hall–Kier alpha value is -1.88. The standard InChI is InChI=1S/C15H15ClN4O/c16-11-4-1-2-5-12(11)20-14(10-6-7-10)17-13(18-20)15(21)19-8-3-9-19/h1-2,4-5,10H,3,6-9H2. The molecule has 1 saturated heterocycles. The van der Waals surface area contributed by atoms with Gasteiger partial charge in [0.2, 0.25) is 5.82 Å². The third kappa shape index (κ3) is 2.21. The Balaban J connectivity index is 1.77. The minimum atomic E-state index is -0.0750. The fraction of sp³-hybridized carbons (Fsp3) is 0.400. The van der Waals surface area contributed by atoms with Crippen LogP contribution in [0.1, 0.15) is 41.6 Å². The van der Waals surface area contributed by atoms with Crippen LogP contribution < -0.4 is 0 Å². The smallest absolute Gasteiger partial charge is 0.293 e. The van der Waals surface area contributed by atoms with Crippen molar-refractivity contribution in [1.29, 1.82) is 0 Å². The lowest BCUT2D eigenvalue weighted by Gasteiger charge is -2.29. The Morgan fingerprint density at radius 3 is 2.62 bits per heavy atom. The minimum absolute atomic E-state index is 0.0750. The van der Waals surface area contributed by atoms with E-state index in [1.807, 2.05) is 24.3 Å². The third-order valence-corrected chi connectivity index (χ3v) is 4.31. The molecule has 1 amide bonds. The van der Waals surface area contributed by atoms with Gasteiger partial charge in [-0.05, 0) is 31.4 Å². The average Bonchev–Trinajstić information content (AvgIpc) is 3.17. The number of para-hydroxylation sites is 1. The highest BCUT2D eigenvalue weighted by Gasteiger charge is 2.33. The van der Waals surface area contributed by atoms with Crippen LogP contribution in [-0.4, -0.2) is 38.7 Å². The molecule has 2 fully saturated rings. The zero-order valence-electron chi connectivity index (χ0n) is 11.5. The summed E-state index contributed by atoms with van der Waals surface area (Å²) in [5, 5.41) is 5.05. The van der Waals surface area contributed by atoms with Crippen molar-refractivity contribution in [2.24, 2.45) is 0 Å². The van der Waals surface area contributed by atoms with Crippen LogP contribution in [0.3, 0.4) is 0 Å². The SMILES string of the molecule is O=C(c1nc(C2CC2)n(-c2ccccc2Cl)n1)N1CCC1. The third-order valence-electron chi connectivity index (χ3n) is 3.99. The van der Waals surface area contributed by atoms with Crippen LogP contribution in [0.4, 0.5) is 0 Å². The highest BCUT2D eigenvalue weighted by molar-refractivity contribution is 6.32. The van der Waals surface area contributed by atoms with Gasteiger partial charge in [0.1, 0.15) is 5.82 Å². The van der Waals surface area contributed by atoms with Gasteiger partial charge in [0.15, 0.2) is 0 Å². The Morgan fingerprint density at radius 2 is 2.00 bits per heavy atom. The van der Waals surface area contributed by atoms with Crippen molar-refractivity contribution in [3.8, 4) is 5.69 Å². The number of hydrogen-bond donors (Lipinski definition) is 0. The number of halogens is 1. The molecule has 0 atom stereocenters. The zero-order valence-corrected chi connectivity index (χ0v) is 12.3. The molecule has 2 aromatic rings. The van der Waals surface area contributed by atoms with E-state index in [9.17, 15) is 4.79 Å².